The molecule has 1 unspecified atom stereocenters. The fraction of sp³-hybridized carbons (Fsp3) is 0.455. The Morgan fingerprint density at radius 2 is 1.91 bits per heavy atom. The van der Waals surface area contributed by atoms with E-state index in [2.05, 4.69) is 50.3 Å². The summed E-state index contributed by atoms with van der Waals surface area (Å²) in [6, 6.07) is 0. The zero-order valence-electron chi connectivity index (χ0n) is 7.33. The SMILES string of the molecule is CC(C)C1C=CC/C=C\C=C/1. The molecule has 0 aromatic carbocycles. The van der Waals surface area contributed by atoms with Crippen LogP contribution < -0.4 is 0 Å². The Balaban J connectivity index is 2.65. The third kappa shape index (κ3) is 2.75. The third-order valence-electron chi connectivity index (χ3n) is 1.98. The lowest BCUT2D eigenvalue weighted by molar-refractivity contribution is 0.549. The molecule has 0 aliphatic heterocycles. The first-order valence-electron chi connectivity index (χ1n) is 4.30. The number of hydrogen-bond acceptors (Lipinski definition) is 0. The maximum Gasteiger partial charge on any atom is -0.00272 e. The summed E-state index contributed by atoms with van der Waals surface area (Å²) in [5.74, 6) is 1.34. The molecule has 0 heterocycles. The van der Waals surface area contributed by atoms with E-state index in [-0.39, 0.29) is 0 Å². The minimum absolute atomic E-state index is 0.625. The van der Waals surface area contributed by atoms with Crippen LogP contribution in [0.15, 0.2) is 36.5 Å². The average molecular weight is 148 g/mol. The molecule has 11 heavy (non-hydrogen) atoms. The lowest BCUT2D eigenvalue weighted by Crippen LogP contribution is -2.01. The predicted octanol–water partition coefficient (Wildman–Crippen LogP) is 3.33. The molecule has 0 spiro atoms. The zero-order valence-corrected chi connectivity index (χ0v) is 7.33. The smallest absolute Gasteiger partial charge is 0.00272 e. The van der Waals surface area contributed by atoms with Crippen molar-refractivity contribution in [2.75, 3.05) is 0 Å². The Morgan fingerprint density at radius 1 is 1.09 bits per heavy atom. The summed E-state index contributed by atoms with van der Waals surface area (Å²) in [5.41, 5.74) is 0. The first-order chi connectivity index (χ1) is 5.30. The Bertz CT molecular complexity index is 182. The molecular weight excluding hydrogens is 132 g/mol. The molecule has 0 aromatic rings. The molecule has 0 N–H and O–H groups in total. The second-order valence-electron chi connectivity index (χ2n) is 3.30. The van der Waals surface area contributed by atoms with Crippen LogP contribution >= 0.6 is 0 Å². The highest BCUT2D eigenvalue weighted by molar-refractivity contribution is 5.13. The van der Waals surface area contributed by atoms with Gasteiger partial charge in [-0.15, -0.1) is 0 Å². The van der Waals surface area contributed by atoms with Gasteiger partial charge in [0.2, 0.25) is 0 Å². The van der Waals surface area contributed by atoms with E-state index in [1.807, 2.05) is 0 Å². The molecule has 1 atom stereocenters. The van der Waals surface area contributed by atoms with Gasteiger partial charge in [0.15, 0.2) is 0 Å². The summed E-state index contributed by atoms with van der Waals surface area (Å²) >= 11 is 0. The van der Waals surface area contributed by atoms with Crippen molar-refractivity contribution in [2.24, 2.45) is 11.8 Å². The molecule has 1 rings (SSSR count). The summed E-state index contributed by atoms with van der Waals surface area (Å²) in [4.78, 5) is 0. The van der Waals surface area contributed by atoms with Crippen LogP contribution in [0.4, 0.5) is 0 Å². The van der Waals surface area contributed by atoms with E-state index >= 15 is 0 Å². The van der Waals surface area contributed by atoms with Crippen molar-refractivity contribution in [1.29, 1.82) is 0 Å². The second kappa shape index (κ2) is 4.17. The Morgan fingerprint density at radius 3 is 2.64 bits per heavy atom. The number of rotatable bonds is 1. The average Bonchev–Trinajstić information content (AvgIpc) is 1.84. The van der Waals surface area contributed by atoms with E-state index in [0.29, 0.717) is 11.8 Å². The van der Waals surface area contributed by atoms with Crippen LogP contribution in [-0.2, 0) is 0 Å². The fourth-order valence-corrected chi connectivity index (χ4v) is 1.17. The van der Waals surface area contributed by atoms with Gasteiger partial charge in [-0.05, 0) is 18.3 Å². The molecule has 0 fully saturated rings. The maximum atomic E-state index is 2.30. The van der Waals surface area contributed by atoms with Crippen LogP contribution in [0, 0.1) is 11.8 Å². The Hall–Kier alpha value is -0.780. The third-order valence-corrected chi connectivity index (χ3v) is 1.98. The molecule has 0 amide bonds. The van der Waals surface area contributed by atoms with Gasteiger partial charge < -0.3 is 0 Å². The highest BCUT2D eigenvalue weighted by atomic mass is 14.1. The van der Waals surface area contributed by atoms with Gasteiger partial charge in [0.1, 0.15) is 0 Å². The van der Waals surface area contributed by atoms with Crippen molar-refractivity contribution in [3.05, 3.63) is 36.5 Å². The first-order valence-corrected chi connectivity index (χ1v) is 4.30. The maximum absolute atomic E-state index is 2.30. The fourth-order valence-electron chi connectivity index (χ4n) is 1.17. The zero-order chi connectivity index (χ0) is 8.10. The van der Waals surface area contributed by atoms with E-state index in [0.717, 1.165) is 6.42 Å². The molecule has 0 radical (unpaired) electrons. The first kappa shape index (κ1) is 8.32. The van der Waals surface area contributed by atoms with Gasteiger partial charge in [0, 0.05) is 0 Å². The van der Waals surface area contributed by atoms with Crippen molar-refractivity contribution in [3.8, 4) is 0 Å². The van der Waals surface area contributed by atoms with Crippen LogP contribution in [0.5, 0.6) is 0 Å². The summed E-state index contributed by atoms with van der Waals surface area (Å²) in [7, 11) is 0. The van der Waals surface area contributed by atoms with Crippen molar-refractivity contribution in [1.82, 2.24) is 0 Å². The number of allylic oxidation sites excluding steroid dienone is 6. The predicted molar refractivity (Wildman–Crippen MR) is 50.4 cm³/mol. The van der Waals surface area contributed by atoms with Gasteiger partial charge in [-0.2, -0.15) is 0 Å². The van der Waals surface area contributed by atoms with Crippen LogP contribution in [0.25, 0.3) is 0 Å². The summed E-state index contributed by atoms with van der Waals surface area (Å²) in [6.07, 6.45) is 14.3. The standard InChI is InChI=1S/C11H16/c1-10(2)11-8-6-4-3-5-7-9-11/h3-4,6-11H,5H2,1-2H3/b4-3-,8-6-,9-7?. The molecule has 0 aromatic heterocycles. The van der Waals surface area contributed by atoms with Gasteiger partial charge in [-0.25, -0.2) is 0 Å². The van der Waals surface area contributed by atoms with E-state index in [1.54, 1.807) is 0 Å². The van der Waals surface area contributed by atoms with E-state index < -0.39 is 0 Å². The van der Waals surface area contributed by atoms with E-state index in [4.69, 9.17) is 0 Å². The van der Waals surface area contributed by atoms with Crippen LogP contribution in [0.3, 0.4) is 0 Å². The van der Waals surface area contributed by atoms with Crippen LogP contribution in [0.2, 0.25) is 0 Å². The highest BCUT2D eigenvalue weighted by Crippen LogP contribution is 2.15. The Kier molecular flexibility index (Phi) is 3.15. The summed E-state index contributed by atoms with van der Waals surface area (Å²) in [6.45, 7) is 4.51. The molecule has 0 bridgehead atoms. The van der Waals surface area contributed by atoms with Crippen molar-refractivity contribution in [3.63, 3.8) is 0 Å². The van der Waals surface area contributed by atoms with E-state index in [1.165, 1.54) is 0 Å². The number of hydrogen-bond donors (Lipinski definition) is 0. The van der Waals surface area contributed by atoms with Gasteiger partial charge in [-0.3, -0.25) is 0 Å². The second-order valence-corrected chi connectivity index (χ2v) is 3.30. The monoisotopic (exact) mass is 148 g/mol. The minimum Gasteiger partial charge on any atom is -0.0841 e. The molecule has 1 aliphatic carbocycles. The minimum atomic E-state index is 0.625. The molecule has 60 valence electrons. The van der Waals surface area contributed by atoms with Crippen LogP contribution in [-0.4, -0.2) is 0 Å². The largest absolute Gasteiger partial charge is 0.0841 e. The van der Waals surface area contributed by atoms with Gasteiger partial charge in [0.25, 0.3) is 0 Å². The normalized spacial score (nSPS) is 29.5. The van der Waals surface area contributed by atoms with Gasteiger partial charge in [0.05, 0.1) is 0 Å². The lowest BCUT2D eigenvalue weighted by Gasteiger charge is -2.12. The highest BCUT2D eigenvalue weighted by Gasteiger charge is 2.04. The molecule has 1 aliphatic rings. The molecule has 0 saturated heterocycles. The molecule has 0 saturated carbocycles. The van der Waals surface area contributed by atoms with Gasteiger partial charge in [-0.1, -0.05) is 50.3 Å². The topological polar surface area (TPSA) is 0 Å². The van der Waals surface area contributed by atoms with Crippen molar-refractivity contribution in [2.45, 2.75) is 20.3 Å². The molecular formula is C11H16. The van der Waals surface area contributed by atoms with Crippen molar-refractivity contribution >= 4 is 0 Å². The van der Waals surface area contributed by atoms with Gasteiger partial charge >= 0.3 is 0 Å². The summed E-state index contributed by atoms with van der Waals surface area (Å²) in [5, 5.41) is 0. The van der Waals surface area contributed by atoms with Crippen LogP contribution in [0.1, 0.15) is 20.3 Å². The molecule has 0 nitrogen and oxygen atoms in total. The quantitative estimate of drug-likeness (QED) is 0.500. The van der Waals surface area contributed by atoms with Crippen molar-refractivity contribution < 1.29 is 0 Å². The lowest BCUT2D eigenvalue weighted by atomic mass is 9.94. The van der Waals surface area contributed by atoms with E-state index in [9.17, 15) is 0 Å². The molecule has 0 heteroatoms. The summed E-state index contributed by atoms with van der Waals surface area (Å²) < 4.78 is 0. The Labute approximate surface area is 69.3 Å².